The van der Waals surface area contributed by atoms with Crippen molar-refractivity contribution >= 4 is 44.4 Å². The van der Waals surface area contributed by atoms with Crippen molar-refractivity contribution < 1.29 is 13.9 Å². The molecule has 7 heteroatoms. The average Bonchev–Trinajstić information content (AvgIpc) is 3.36. The van der Waals surface area contributed by atoms with Crippen molar-refractivity contribution in [1.82, 2.24) is 4.98 Å². The summed E-state index contributed by atoms with van der Waals surface area (Å²) in [7, 11) is 0. The van der Waals surface area contributed by atoms with Crippen LogP contribution in [-0.2, 0) is 15.3 Å². The number of thioether (sulfide) groups is 1. The second kappa shape index (κ2) is 9.03. The van der Waals surface area contributed by atoms with Crippen LogP contribution in [0.25, 0.3) is 10.2 Å². The van der Waals surface area contributed by atoms with Gasteiger partial charge in [-0.25, -0.2) is 9.37 Å². The molecule has 1 aliphatic rings. The third-order valence-corrected chi connectivity index (χ3v) is 6.65. The fraction of sp³-hybridized carbons (Fsp3) is 0.333. The predicted octanol–water partition coefficient (Wildman–Crippen LogP) is 4.88. The first-order chi connectivity index (χ1) is 13.7. The number of rotatable bonds is 7. The molecule has 28 heavy (non-hydrogen) atoms. The number of halogens is 1. The van der Waals surface area contributed by atoms with Crippen LogP contribution in [0.15, 0.2) is 48.5 Å². The van der Waals surface area contributed by atoms with Gasteiger partial charge in [-0.2, -0.15) is 0 Å². The molecule has 1 aliphatic heterocycles. The van der Waals surface area contributed by atoms with Crippen LogP contribution >= 0.6 is 23.1 Å². The molecule has 0 spiro atoms. The second-order valence-electron chi connectivity index (χ2n) is 6.73. The molecule has 1 aromatic heterocycles. The Kier molecular flexibility index (Phi) is 6.24. The number of hydrogen-bond donors (Lipinski definition) is 0. The van der Waals surface area contributed by atoms with Gasteiger partial charge < -0.3 is 4.74 Å². The number of anilines is 1. The molecular weight excluding hydrogens is 395 g/mol. The van der Waals surface area contributed by atoms with Gasteiger partial charge in [0, 0.05) is 12.4 Å². The van der Waals surface area contributed by atoms with Gasteiger partial charge >= 0.3 is 0 Å². The van der Waals surface area contributed by atoms with Crippen molar-refractivity contribution in [2.75, 3.05) is 23.8 Å². The van der Waals surface area contributed by atoms with Gasteiger partial charge in [-0.15, -0.1) is 11.8 Å². The highest BCUT2D eigenvalue weighted by Crippen LogP contribution is 2.31. The molecule has 0 N–H and O–H groups in total. The molecule has 0 bridgehead atoms. The van der Waals surface area contributed by atoms with Gasteiger partial charge in [-0.3, -0.25) is 9.69 Å². The van der Waals surface area contributed by atoms with Gasteiger partial charge in [0.1, 0.15) is 5.82 Å². The van der Waals surface area contributed by atoms with Gasteiger partial charge in [0.05, 0.1) is 28.6 Å². The first-order valence-electron chi connectivity index (χ1n) is 9.29. The van der Waals surface area contributed by atoms with Crippen molar-refractivity contribution in [2.45, 2.75) is 24.7 Å². The molecule has 2 aromatic carbocycles. The maximum atomic E-state index is 13.5. The van der Waals surface area contributed by atoms with E-state index in [-0.39, 0.29) is 17.8 Å². The minimum absolute atomic E-state index is 0.0101. The largest absolute Gasteiger partial charge is 0.376 e. The van der Waals surface area contributed by atoms with Crippen molar-refractivity contribution in [1.29, 1.82) is 0 Å². The minimum Gasteiger partial charge on any atom is -0.376 e. The summed E-state index contributed by atoms with van der Waals surface area (Å²) in [5.74, 6) is 0.867. The van der Waals surface area contributed by atoms with E-state index in [9.17, 15) is 9.18 Å². The summed E-state index contributed by atoms with van der Waals surface area (Å²) in [6.45, 7) is 1.23. The van der Waals surface area contributed by atoms with Crippen LogP contribution in [0, 0.1) is 5.82 Å². The summed E-state index contributed by atoms with van der Waals surface area (Å²) >= 11 is 2.94. The Bertz CT molecular complexity index is 942. The third kappa shape index (κ3) is 4.71. The fourth-order valence-electron chi connectivity index (χ4n) is 3.19. The zero-order valence-electron chi connectivity index (χ0n) is 15.3. The van der Waals surface area contributed by atoms with E-state index in [1.54, 1.807) is 22.7 Å². The monoisotopic (exact) mass is 416 g/mol. The Morgan fingerprint density at radius 3 is 2.93 bits per heavy atom. The molecule has 3 aromatic rings. The zero-order valence-corrected chi connectivity index (χ0v) is 17.0. The summed E-state index contributed by atoms with van der Waals surface area (Å²) in [6.07, 6.45) is 1.99. The molecule has 2 heterocycles. The number of benzene rings is 2. The van der Waals surface area contributed by atoms with E-state index in [2.05, 4.69) is 17.1 Å². The van der Waals surface area contributed by atoms with Crippen molar-refractivity contribution in [2.24, 2.45) is 0 Å². The quantitative estimate of drug-likeness (QED) is 0.550. The van der Waals surface area contributed by atoms with Gasteiger partial charge in [-0.1, -0.05) is 41.7 Å². The number of carbonyl (C=O) groups is 1. The number of ether oxygens (including phenoxy) is 1. The molecule has 4 nitrogen and oxygen atoms in total. The van der Waals surface area contributed by atoms with Crippen LogP contribution in [0.1, 0.15) is 18.4 Å². The van der Waals surface area contributed by atoms with Gasteiger partial charge in [0.2, 0.25) is 5.91 Å². The Balaban J connectivity index is 1.49. The number of fused-ring (bicyclic) bond motifs is 1. The molecule has 1 amide bonds. The number of carbonyl (C=O) groups excluding carboxylic acids is 1. The van der Waals surface area contributed by atoms with E-state index in [0.29, 0.717) is 22.9 Å². The molecule has 1 atom stereocenters. The average molecular weight is 417 g/mol. The van der Waals surface area contributed by atoms with Gasteiger partial charge in [-0.05, 0) is 36.6 Å². The number of amides is 1. The normalized spacial score (nSPS) is 16.5. The summed E-state index contributed by atoms with van der Waals surface area (Å²) in [4.78, 5) is 19.3. The SMILES string of the molecule is O=C(CSCc1ccccc1)N(CC1CCCO1)c1nc2ccc(F)cc2s1. The van der Waals surface area contributed by atoms with Crippen LogP contribution in [0.2, 0.25) is 0 Å². The zero-order chi connectivity index (χ0) is 19.3. The molecular formula is C21H21FN2O2S2. The Labute approximate surface area is 171 Å². The lowest BCUT2D eigenvalue weighted by atomic mass is 10.2. The van der Waals surface area contributed by atoms with Crippen LogP contribution in [0.3, 0.4) is 0 Å². The van der Waals surface area contributed by atoms with Crippen LogP contribution in [-0.4, -0.2) is 35.9 Å². The first kappa shape index (κ1) is 19.4. The van der Waals surface area contributed by atoms with E-state index < -0.39 is 0 Å². The molecule has 1 unspecified atom stereocenters. The fourth-order valence-corrected chi connectivity index (χ4v) is 5.07. The van der Waals surface area contributed by atoms with E-state index in [1.807, 2.05) is 18.2 Å². The molecule has 4 rings (SSSR count). The van der Waals surface area contributed by atoms with E-state index >= 15 is 0 Å². The summed E-state index contributed by atoms with van der Waals surface area (Å²) in [6, 6.07) is 14.6. The topological polar surface area (TPSA) is 42.4 Å². The highest BCUT2D eigenvalue weighted by Gasteiger charge is 2.26. The molecule has 1 saturated heterocycles. The maximum Gasteiger partial charge on any atom is 0.238 e. The molecule has 0 radical (unpaired) electrons. The van der Waals surface area contributed by atoms with E-state index in [0.717, 1.165) is 29.9 Å². The predicted molar refractivity (Wildman–Crippen MR) is 114 cm³/mol. The smallest absolute Gasteiger partial charge is 0.238 e. The van der Waals surface area contributed by atoms with Crippen molar-refractivity contribution in [3.05, 3.63) is 59.9 Å². The number of thiazole rings is 1. The molecule has 0 aliphatic carbocycles. The Morgan fingerprint density at radius 1 is 1.29 bits per heavy atom. The van der Waals surface area contributed by atoms with Crippen LogP contribution in [0.4, 0.5) is 9.52 Å². The van der Waals surface area contributed by atoms with E-state index in [1.165, 1.54) is 29.0 Å². The van der Waals surface area contributed by atoms with Gasteiger partial charge in [0.25, 0.3) is 0 Å². The highest BCUT2D eigenvalue weighted by atomic mass is 32.2. The molecule has 0 saturated carbocycles. The first-order valence-corrected chi connectivity index (χ1v) is 11.3. The maximum absolute atomic E-state index is 13.5. The Hall–Kier alpha value is -1.96. The lowest BCUT2D eigenvalue weighted by molar-refractivity contribution is -0.116. The second-order valence-corrected chi connectivity index (χ2v) is 8.72. The standard InChI is InChI=1S/C21H21FN2O2S2/c22-16-8-9-18-19(11-16)28-21(23-18)24(12-17-7-4-10-26-17)20(25)14-27-13-15-5-2-1-3-6-15/h1-3,5-6,8-9,11,17H,4,7,10,12-14H2. The number of aromatic nitrogens is 1. The third-order valence-electron chi connectivity index (χ3n) is 4.62. The minimum atomic E-state index is -0.293. The van der Waals surface area contributed by atoms with Crippen molar-refractivity contribution in [3.63, 3.8) is 0 Å². The van der Waals surface area contributed by atoms with Crippen LogP contribution < -0.4 is 4.90 Å². The highest BCUT2D eigenvalue weighted by molar-refractivity contribution is 7.99. The van der Waals surface area contributed by atoms with E-state index in [4.69, 9.17) is 4.74 Å². The molecule has 1 fully saturated rings. The summed E-state index contributed by atoms with van der Waals surface area (Å²) in [5, 5.41) is 0.612. The lowest BCUT2D eigenvalue weighted by Gasteiger charge is -2.23. The summed E-state index contributed by atoms with van der Waals surface area (Å²) < 4.78 is 20.0. The van der Waals surface area contributed by atoms with Gasteiger partial charge in [0.15, 0.2) is 5.13 Å². The molecule has 146 valence electrons. The lowest BCUT2D eigenvalue weighted by Crippen LogP contribution is -2.38. The number of hydrogen-bond acceptors (Lipinski definition) is 5. The number of nitrogens with zero attached hydrogens (tertiary/aromatic N) is 2. The summed E-state index contributed by atoms with van der Waals surface area (Å²) in [5.41, 5.74) is 1.91. The Morgan fingerprint density at radius 2 is 2.14 bits per heavy atom. The van der Waals surface area contributed by atoms with Crippen molar-refractivity contribution in [3.8, 4) is 0 Å². The van der Waals surface area contributed by atoms with Crippen LogP contribution in [0.5, 0.6) is 0 Å².